The van der Waals surface area contributed by atoms with Crippen LogP contribution >= 0.6 is 11.8 Å². The van der Waals surface area contributed by atoms with Gasteiger partial charge in [-0.2, -0.15) is 16.7 Å². The summed E-state index contributed by atoms with van der Waals surface area (Å²) in [6.45, 7) is 3.71. The van der Waals surface area contributed by atoms with Gasteiger partial charge in [-0.15, -0.1) is 0 Å². The standard InChI is InChI=1S/C9H15N3OS/c1-2-10-5-8-11-9(13-12-8)7-3-4-14-6-7/h7,10H,2-6H2,1H3. The van der Waals surface area contributed by atoms with Gasteiger partial charge in [-0.1, -0.05) is 12.1 Å². The zero-order valence-electron chi connectivity index (χ0n) is 8.32. The van der Waals surface area contributed by atoms with Crippen molar-refractivity contribution >= 4 is 11.8 Å². The molecule has 78 valence electrons. The first-order valence-electron chi connectivity index (χ1n) is 5.01. The van der Waals surface area contributed by atoms with E-state index in [1.807, 2.05) is 11.8 Å². The van der Waals surface area contributed by atoms with Crippen molar-refractivity contribution < 1.29 is 4.52 Å². The fraction of sp³-hybridized carbons (Fsp3) is 0.778. The molecule has 1 fully saturated rings. The summed E-state index contributed by atoms with van der Waals surface area (Å²) in [5.74, 6) is 4.43. The number of thioether (sulfide) groups is 1. The van der Waals surface area contributed by atoms with E-state index in [0.717, 1.165) is 24.0 Å². The Labute approximate surface area is 87.8 Å². The number of nitrogens with one attached hydrogen (secondary N) is 1. The highest BCUT2D eigenvalue weighted by atomic mass is 32.2. The summed E-state index contributed by atoms with van der Waals surface area (Å²) in [6.07, 6.45) is 1.17. The summed E-state index contributed by atoms with van der Waals surface area (Å²) in [7, 11) is 0. The van der Waals surface area contributed by atoms with E-state index in [-0.39, 0.29) is 0 Å². The molecule has 2 rings (SSSR count). The lowest BCUT2D eigenvalue weighted by molar-refractivity contribution is 0.355. The Bertz CT molecular complexity index is 283. The first kappa shape index (κ1) is 9.98. The minimum Gasteiger partial charge on any atom is -0.339 e. The maximum Gasteiger partial charge on any atom is 0.230 e. The van der Waals surface area contributed by atoms with Crippen molar-refractivity contribution in [2.24, 2.45) is 0 Å². The summed E-state index contributed by atoms with van der Waals surface area (Å²) in [5, 5.41) is 7.12. The second-order valence-corrected chi connectivity index (χ2v) is 4.54. The van der Waals surface area contributed by atoms with Gasteiger partial charge in [-0.05, 0) is 18.7 Å². The van der Waals surface area contributed by atoms with Crippen LogP contribution in [0.3, 0.4) is 0 Å². The monoisotopic (exact) mass is 213 g/mol. The Morgan fingerprint density at radius 3 is 3.29 bits per heavy atom. The summed E-state index contributed by atoms with van der Waals surface area (Å²) in [4.78, 5) is 4.38. The number of nitrogens with zero attached hydrogens (tertiary/aromatic N) is 2. The van der Waals surface area contributed by atoms with Gasteiger partial charge >= 0.3 is 0 Å². The molecule has 1 unspecified atom stereocenters. The van der Waals surface area contributed by atoms with E-state index in [9.17, 15) is 0 Å². The van der Waals surface area contributed by atoms with Crippen molar-refractivity contribution in [3.05, 3.63) is 11.7 Å². The molecule has 0 radical (unpaired) electrons. The Kier molecular flexibility index (Phi) is 3.42. The molecule has 14 heavy (non-hydrogen) atoms. The lowest BCUT2D eigenvalue weighted by Gasteiger charge is -1.98. The molecule has 1 saturated heterocycles. The maximum absolute atomic E-state index is 5.23. The highest BCUT2D eigenvalue weighted by Gasteiger charge is 2.23. The van der Waals surface area contributed by atoms with Crippen LogP contribution in [0.2, 0.25) is 0 Å². The highest BCUT2D eigenvalue weighted by molar-refractivity contribution is 7.99. The van der Waals surface area contributed by atoms with Crippen molar-refractivity contribution in [1.29, 1.82) is 0 Å². The normalized spacial score (nSPS) is 21.6. The smallest absolute Gasteiger partial charge is 0.230 e. The fourth-order valence-electron chi connectivity index (χ4n) is 1.47. The van der Waals surface area contributed by atoms with Crippen LogP contribution in [-0.2, 0) is 6.54 Å². The van der Waals surface area contributed by atoms with Crippen LogP contribution in [0, 0.1) is 0 Å². The molecule has 0 aromatic carbocycles. The molecule has 1 aromatic rings. The third kappa shape index (κ3) is 2.27. The zero-order chi connectivity index (χ0) is 9.80. The van der Waals surface area contributed by atoms with Crippen LogP contribution in [0.5, 0.6) is 0 Å². The maximum atomic E-state index is 5.23. The Morgan fingerprint density at radius 2 is 2.57 bits per heavy atom. The first-order valence-corrected chi connectivity index (χ1v) is 6.16. The second kappa shape index (κ2) is 4.79. The summed E-state index contributed by atoms with van der Waals surface area (Å²) in [5.41, 5.74) is 0. The number of hydrogen-bond donors (Lipinski definition) is 1. The van der Waals surface area contributed by atoms with Crippen LogP contribution in [0.25, 0.3) is 0 Å². The largest absolute Gasteiger partial charge is 0.339 e. The topological polar surface area (TPSA) is 51.0 Å². The zero-order valence-corrected chi connectivity index (χ0v) is 9.14. The molecule has 1 N–H and O–H groups in total. The minimum atomic E-state index is 0.489. The molecule has 1 atom stereocenters. The lowest BCUT2D eigenvalue weighted by Crippen LogP contribution is -2.12. The van der Waals surface area contributed by atoms with E-state index in [1.54, 1.807) is 0 Å². The van der Waals surface area contributed by atoms with Crippen molar-refractivity contribution in [2.75, 3.05) is 18.1 Å². The van der Waals surface area contributed by atoms with E-state index in [2.05, 4.69) is 22.4 Å². The first-order chi connectivity index (χ1) is 6.90. The fourth-order valence-corrected chi connectivity index (χ4v) is 2.68. The van der Waals surface area contributed by atoms with Crippen LogP contribution < -0.4 is 5.32 Å². The van der Waals surface area contributed by atoms with Crippen LogP contribution in [0.4, 0.5) is 0 Å². The molecule has 0 spiro atoms. The lowest BCUT2D eigenvalue weighted by atomic mass is 10.1. The van der Waals surface area contributed by atoms with Crippen molar-refractivity contribution in [3.8, 4) is 0 Å². The van der Waals surface area contributed by atoms with Gasteiger partial charge in [-0.3, -0.25) is 0 Å². The Morgan fingerprint density at radius 1 is 1.64 bits per heavy atom. The van der Waals surface area contributed by atoms with Gasteiger partial charge in [0.2, 0.25) is 5.89 Å². The Hall–Kier alpha value is -0.550. The van der Waals surface area contributed by atoms with Gasteiger partial charge < -0.3 is 9.84 Å². The average Bonchev–Trinajstić information content (AvgIpc) is 2.85. The molecule has 2 heterocycles. The molecular weight excluding hydrogens is 198 g/mol. The van der Waals surface area contributed by atoms with Crippen molar-refractivity contribution in [2.45, 2.75) is 25.8 Å². The second-order valence-electron chi connectivity index (χ2n) is 3.39. The molecule has 0 saturated carbocycles. The minimum absolute atomic E-state index is 0.489. The molecule has 1 aliphatic rings. The third-order valence-electron chi connectivity index (χ3n) is 2.30. The number of rotatable bonds is 4. The van der Waals surface area contributed by atoms with Gasteiger partial charge in [0, 0.05) is 11.7 Å². The molecule has 0 bridgehead atoms. The van der Waals surface area contributed by atoms with Crippen molar-refractivity contribution in [1.82, 2.24) is 15.5 Å². The van der Waals surface area contributed by atoms with Gasteiger partial charge in [0.25, 0.3) is 0 Å². The van der Waals surface area contributed by atoms with Crippen LogP contribution in [0.1, 0.15) is 31.0 Å². The SMILES string of the molecule is CCNCc1noc(C2CCSC2)n1. The molecule has 4 nitrogen and oxygen atoms in total. The third-order valence-corrected chi connectivity index (χ3v) is 3.46. The molecule has 0 amide bonds. The quantitative estimate of drug-likeness (QED) is 0.819. The van der Waals surface area contributed by atoms with Gasteiger partial charge in [-0.25, -0.2) is 0 Å². The predicted octanol–water partition coefficient (Wildman–Crippen LogP) is 1.40. The van der Waals surface area contributed by atoms with E-state index in [4.69, 9.17) is 4.52 Å². The van der Waals surface area contributed by atoms with Gasteiger partial charge in [0.1, 0.15) is 0 Å². The van der Waals surface area contributed by atoms with E-state index in [1.165, 1.54) is 12.2 Å². The Balaban J connectivity index is 1.94. The van der Waals surface area contributed by atoms with E-state index in [0.29, 0.717) is 12.5 Å². The molecule has 0 aliphatic carbocycles. The molecular formula is C9H15N3OS. The van der Waals surface area contributed by atoms with Gasteiger partial charge in [0.05, 0.1) is 6.54 Å². The number of aromatic nitrogens is 2. The summed E-state index contributed by atoms with van der Waals surface area (Å²) in [6, 6.07) is 0. The molecule has 5 heteroatoms. The number of hydrogen-bond acceptors (Lipinski definition) is 5. The van der Waals surface area contributed by atoms with Crippen LogP contribution in [0.15, 0.2) is 4.52 Å². The van der Waals surface area contributed by atoms with Crippen molar-refractivity contribution in [3.63, 3.8) is 0 Å². The predicted molar refractivity (Wildman–Crippen MR) is 56.4 cm³/mol. The van der Waals surface area contributed by atoms with Gasteiger partial charge in [0.15, 0.2) is 5.82 Å². The van der Waals surface area contributed by atoms with E-state index >= 15 is 0 Å². The summed E-state index contributed by atoms with van der Waals surface area (Å²) >= 11 is 1.96. The molecule has 1 aliphatic heterocycles. The summed E-state index contributed by atoms with van der Waals surface area (Å²) < 4.78 is 5.23. The molecule has 1 aromatic heterocycles. The van der Waals surface area contributed by atoms with Crippen LogP contribution in [-0.4, -0.2) is 28.2 Å². The van der Waals surface area contributed by atoms with E-state index < -0.39 is 0 Å². The highest BCUT2D eigenvalue weighted by Crippen LogP contribution is 2.31. The average molecular weight is 213 g/mol.